The highest BCUT2D eigenvalue weighted by molar-refractivity contribution is 6.12. The Bertz CT molecular complexity index is 1140. The lowest BCUT2D eigenvalue weighted by atomic mass is 9.99. The Morgan fingerprint density at radius 1 is 1.19 bits per heavy atom. The third kappa shape index (κ3) is 4.58. The summed E-state index contributed by atoms with van der Waals surface area (Å²) in [5.41, 5.74) is 4.37. The molecule has 1 aliphatic rings. The average molecular weight is 420 g/mol. The second kappa shape index (κ2) is 8.10. The summed E-state index contributed by atoms with van der Waals surface area (Å²) >= 11 is 0. The smallest absolute Gasteiger partial charge is 0.419 e. The standard InChI is InChI=1S/C25H29N3O3/c1-25(2,3)30-24(29)28-16-21(20-11-6-7-12-23(20)28)22-15-19(31-26-22)14-17-9-8-10-18(13-17)27(4)5/h6-13,16,19H,14-15H2,1-5H3. The summed E-state index contributed by atoms with van der Waals surface area (Å²) in [5.74, 6) is 0. The molecule has 6 heteroatoms. The van der Waals surface area contributed by atoms with E-state index in [0.717, 1.165) is 34.3 Å². The highest BCUT2D eigenvalue weighted by Crippen LogP contribution is 2.28. The summed E-state index contributed by atoms with van der Waals surface area (Å²) in [4.78, 5) is 20.6. The van der Waals surface area contributed by atoms with E-state index in [9.17, 15) is 4.79 Å². The van der Waals surface area contributed by atoms with Crippen LogP contribution in [0.15, 0.2) is 59.9 Å². The number of para-hydroxylation sites is 1. The first-order valence-corrected chi connectivity index (χ1v) is 10.5. The van der Waals surface area contributed by atoms with E-state index in [0.29, 0.717) is 6.42 Å². The molecule has 0 saturated heterocycles. The van der Waals surface area contributed by atoms with Crippen LogP contribution in [0.1, 0.15) is 38.3 Å². The van der Waals surface area contributed by atoms with E-state index in [1.165, 1.54) is 5.56 Å². The van der Waals surface area contributed by atoms with E-state index in [1.54, 1.807) is 4.57 Å². The highest BCUT2D eigenvalue weighted by atomic mass is 16.6. The van der Waals surface area contributed by atoms with Crippen molar-refractivity contribution < 1.29 is 14.4 Å². The number of fused-ring (bicyclic) bond motifs is 1. The zero-order chi connectivity index (χ0) is 22.2. The largest absolute Gasteiger partial charge is 0.443 e. The predicted octanol–water partition coefficient (Wildman–Crippen LogP) is 5.23. The van der Waals surface area contributed by atoms with Gasteiger partial charge in [0.1, 0.15) is 11.7 Å². The maximum Gasteiger partial charge on any atom is 0.419 e. The molecule has 0 saturated carbocycles. The van der Waals surface area contributed by atoms with Gasteiger partial charge in [-0.3, -0.25) is 4.57 Å². The van der Waals surface area contributed by atoms with Crippen LogP contribution in [-0.4, -0.2) is 42.2 Å². The molecule has 3 aromatic rings. The first kappa shape index (κ1) is 21.0. The Morgan fingerprint density at radius 2 is 1.97 bits per heavy atom. The fourth-order valence-electron chi connectivity index (χ4n) is 3.79. The average Bonchev–Trinajstić information content (AvgIpc) is 3.31. The van der Waals surface area contributed by atoms with E-state index in [2.05, 4.69) is 34.3 Å². The second-order valence-electron chi connectivity index (χ2n) is 9.15. The van der Waals surface area contributed by atoms with E-state index in [1.807, 2.05) is 65.3 Å². The molecular weight excluding hydrogens is 390 g/mol. The third-order valence-corrected chi connectivity index (χ3v) is 5.24. The number of nitrogens with zero attached hydrogens (tertiary/aromatic N) is 3. The Labute approximate surface area is 183 Å². The van der Waals surface area contributed by atoms with Gasteiger partial charge in [-0.2, -0.15) is 0 Å². The maximum absolute atomic E-state index is 12.8. The van der Waals surface area contributed by atoms with Gasteiger partial charge in [-0.05, 0) is 44.5 Å². The Balaban J connectivity index is 1.56. The Hall–Kier alpha value is -3.28. The molecule has 1 atom stereocenters. The minimum Gasteiger partial charge on any atom is -0.443 e. The van der Waals surface area contributed by atoms with Crippen molar-refractivity contribution in [1.29, 1.82) is 0 Å². The van der Waals surface area contributed by atoms with Crippen LogP contribution < -0.4 is 4.90 Å². The van der Waals surface area contributed by atoms with Gasteiger partial charge in [0, 0.05) is 49.8 Å². The first-order valence-electron chi connectivity index (χ1n) is 10.5. The Morgan fingerprint density at radius 3 is 2.71 bits per heavy atom. The summed E-state index contributed by atoms with van der Waals surface area (Å²) in [6.45, 7) is 5.59. The van der Waals surface area contributed by atoms with Gasteiger partial charge < -0.3 is 14.5 Å². The zero-order valence-corrected chi connectivity index (χ0v) is 18.8. The van der Waals surface area contributed by atoms with Gasteiger partial charge in [0.05, 0.1) is 11.2 Å². The van der Waals surface area contributed by atoms with Crippen LogP contribution in [0.4, 0.5) is 10.5 Å². The van der Waals surface area contributed by atoms with Gasteiger partial charge in [0.15, 0.2) is 0 Å². The number of hydrogen-bond donors (Lipinski definition) is 0. The number of benzene rings is 2. The lowest BCUT2D eigenvalue weighted by Gasteiger charge is -2.19. The third-order valence-electron chi connectivity index (χ3n) is 5.24. The van der Waals surface area contributed by atoms with Crippen LogP contribution in [0.25, 0.3) is 10.9 Å². The van der Waals surface area contributed by atoms with E-state index in [-0.39, 0.29) is 6.10 Å². The molecule has 1 aromatic heterocycles. The topological polar surface area (TPSA) is 56.1 Å². The van der Waals surface area contributed by atoms with Gasteiger partial charge >= 0.3 is 6.09 Å². The van der Waals surface area contributed by atoms with Gasteiger partial charge in [0.25, 0.3) is 0 Å². The van der Waals surface area contributed by atoms with Crippen LogP contribution in [0.3, 0.4) is 0 Å². The van der Waals surface area contributed by atoms with Crippen molar-refractivity contribution in [3.05, 3.63) is 65.9 Å². The number of anilines is 1. The summed E-state index contributed by atoms with van der Waals surface area (Å²) in [6, 6.07) is 16.2. The van der Waals surface area contributed by atoms with Crippen molar-refractivity contribution in [3.8, 4) is 0 Å². The van der Waals surface area contributed by atoms with Crippen LogP contribution in [0.2, 0.25) is 0 Å². The molecular formula is C25H29N3O3. The van der Waals surface area contributed by atoms with Crippen molar-refractivity contribution in [3.63, 3.8) is 0 Å². The molecule has 0 spiro atoms. The van der Waals surface area contributed by atoms with Gasteiger partial charge in [-0.25, -0.2) is 4.79 Å². The lowest BCUT2D eigenvalue weighted by molar-refractivity contribution is 0.0544. The number of rotatable bonds is 4. The van der Waals surface area contributed by atoms with E-state index in [4.69, 9.17) is 9.57 Å². The maximum atomic E-state index is 12.8. The van der Waals surface area contributed by atoms with Crippen LogP contribution in [0.5, 0.6) is 0 Å². The van der Waals surface area contributed by atoms with Crippen molar-refractivity contribution in [2.45, 2.75) is 45.3 Å². The van der Waals surface area contributed by atoms with Gasteiger partial charge in [-0.1, -0.05) is 35.5 Å². The molecule has 4 rings (SSSR count). The quantitative estimate of drug-likeness (QED) is 0.581. The van der Waals surface area contributed by atoms with E-state index >= 15 is 0 Å². The molecule has 0 amide bonds. The number of oxime groups is 1. The number of carbonyl (C=O) groups excluding carboxylic acids is 1. The second-order valence-corrected chi connectivity index (χ2v) is 9.15. The summed E-state index contributed by atoms with van der Waals surface area (Å²) < 4.78 is 7.15. The fourth-order valence-corrected chi connectivity index (χ4v) is 3.79. The molecule has 31 heavy (non-hydrogen) atoms. The van der Waals surface area contributed by atoms with Crippen molar-refractivity contribution >= 4 is 28.4 Å². The zero-order valence-electron chi connectivity index (χ0n) is 18.8. The summed E-state index contributed by atoms with van der Waals surface area (Å²) in [6.07, 6.45) is 2.85. The molecule has 2 aromatic carbocycles. The van der Waals surface area contributed by atoms with Gasteiger partial charge in [0.2, 0.25) is 0 Å². The molecule has 6 nitrogen and oxygen atoms in total. The molecule has 2 heterocycles. The SMILES string of the molecule is CN(C)c1cccc(CC2CC(c3cn(C(=O)OC(C)(C)C)c4ccccc34)=NO2)c1. The van der Waals surface area contributed by atoms with Crippen molar-refractivity contribution in [2.75, 3.05) is 19.0 Å². The molecule has 1 unspecified atom stereocenters. The van der Waals surface area contributed by atoms with Crippen molar-refractivity contribution in [2.24, 2.45) is 5.16 Å². The number of hydrogen-bond acceptors (Lipinski definition) is 5. The fraction of sp³-hybridized carbons (Fsp3) is 0.360. The molecule has 0 radical (unpaired) electrons. The van der Waals surface area contributed by atoms with Crippen LogP contribution in [-0.2, 0) is 16.0 Å². The summed E-state index contributed by atoms with van der Waals surface area (Å²) in [7, 11) is 4.07. The normalized spacial score (nSPS) is 16.2. The van der Waals surface area contributed by atoms with E-state index < -0.39 is 11.7 Å². The summed E-state index contributed by atoms with van der Waals surface area (Å²) in [5, 5.41) is 5.34. The minimum atomic E-state index is -0.567. The molecule has 0 N–H and O–H groups in total. The van der Waals surface area contributed by atoms with Gasteiger partial charge in [-0.15, -0.1) is 0 Å². The molecule has 0 aliphatic carbocycles. The molecule has 0 bridgehead atoms. The monoisotopic (exact) mass is 419 g/mol. The van der Waals surface area contributed by atoms with Crippen LogP contribution >= 0.6 is 0 Å². The number of aromatic nitrogens is 1. The number of carbonyl (C=O) groups is 1. The molecule has 162 valence electrons. The van der Waals surface area contributed by atoms with Crippen LogP contribution in [0, 0.1) is 0 Å². The minimum absolute atomic E-state index is 0.0314. The first-order chi connectivity index (χ1) is 14.7. The predicted molar refractivity (Wildman–Crippen MR) is 124 cm³/mol. The molecule has 0 fully saturated rings. The highest BCUT2D eigenvalue weighted by Gasteiger charge is 2.27. The lowest BCUT2D eigenvalue weighted by Crippen LogP contribution is -2.26. The number of ether oxygens (including phenoxy) is 1. The van der Waals surface area contributed by atoms with Crippen molar-refractivity contribution in [1.82, 2.24) is 4.57 Å². The Kier molecular flexibility index (Phi) is 5.48. The molecule has 1 aliphatic heterocycles.